The molecule has 0 aliphatic carbocycles. The quantitative estimate of drug-likeness (QED) is 0.536. The van der Waals surface area contributed by atoms with Crippen LogP contribution in [-0.4, -0.2) is 32.7 Å². The highest BCUT2D eigenvalue weighted by atomic mass is 32.2. The molecule has 0 bridgehead atoms. The van der Waals surface area contributed by atoms with Gasteiger partial charge in [0.2, 0.25) is 0 Å². The van der Waals surface area contributed by atoms with Crippen molar-refractivity contribution in [3.8, 4) is 0 Å². The van der Waals surface area contributed by atoms with Gasteiger partial charge in [-0.25, -0.2) is 17.8 Å². The van der Waals surface area contributed by atoms with E-state index in [1.54, 1.807) is 42.5 Å². The molecule has 0 saturated heterocycles. The zero-order chi connectivity index (χ0) is 19.7. The number of nitrogens with one attached hydrogen (secondary N) is 2. The van der Waals surface area contributed by atoms with Crippen molar-refractivity contribution in [2.24, 2.45) is 4.99 Å². The third kappa shape index (κ3) is 6.67. The van der Waals surface area contributed by atoms with E-state index in [0.717, 1.165) is 5.56 Å². The number of benzene rings is 2. The minimum absolute atomic E-state index is 0.0194. The van der Waals surface area contributed by atoms with Gasteiger partial charge >= 0.3 is 0 Å². The summed E-state index contributed by atoms with van der Waals surface area (Å²) in [6, 6.07) is 14.3. The lowest BCUT2D eigenvalue weighted by molar-refractivity contribution is 0.569. The van der Waals surface area contributed by atoms with Crippen LogP contribution in [0.15, 0.2) is 64.5 Å². The van der Waals surface area contributed by atoms with E-state index in [-0.39, 0.29) is 17.6 Å². The Labute approximate surface area is 160 Å². The van der Waals surface area contributed by atoms with E-state index < -0.39 is 9.84 Å². The Hall–Kier alpha value is -2.41. The molecule has 1 atom stereocenters. The van der Waals surface area contributed by atoms with Gasteiger partial charge < -0.3 is 10.6 Å². The van der Waals surface area contributed by atoms with Gasteiger partial charge in [0.25, 0.3) is 0 Å². The summed E-state index contributed by atoms with van der Waals surface area (Å²) >= 11 is 0. The first-order chi connectivity index (χ1) is 12.9. The molecule has 1 unspecified atom stereocenters. The number of hydrogen-bond donors (Lipinski definition) is 2. The van der Waals surface area contributed by atoms with Crippen LogP contribution >= 0.6 is 0 Å². The maximum atomic E-state index is 13.0. The molecule has 5 nitrogen and oxygen atoms in total. The fourth-order valence-corrected chi connectivity index (χ4v) is 4.14. The van der Waals surface area contributed by atoms with E-state index in [4.69, 9.17) is 0 Å². The molecule has 0 amide bonds. The number of hydrogen-bond acceptors (Lipinski definition) is 3. The Balaban J connectivity index is 2.07. The van der Waals surface area contributed by atoms with Crippen LogP contribution in [0.25, 0.3) is 0 Å². The van der Waals surface area contributed by atoms with Gasteiger partial charge in [0.05, 0.1) is 17.2 Å². The molecule has 2 aromatic rings. The van der Waals surface area contributed by atoms with Crippen LogP contribution in [0, 0.1) is 5.82 Å². The standard InChI is InChI=1S/C20H26FN3O2S/c1-3-18(15-27(25,26)19-8-6-5-7-9-19)24-20(22-4-2)23-14-16-10-12-17(21)13-11-16/h5-13,18H,3-4,14-15H2,1-2H3,(H2,22,23,24). The number of halogens is 1. The number of sulfone groups is 1. The first kappa shape index (κ1) is 20.9. The molecule has 0 saturated carbocycles. The van der Waals surface area contributed by atoms with Crippen molar-refractivity contribution < 1.29 is 12.8 Å². The molecular weight excluding hydrogens is 365 g/mol. The number of guanidine groups is 1. The lowest BCUT2D eigenvalue weighted by atomic mass is 10.2. The van der Waals surface area contributed by atoms with E-state index in [2.05, 4.69) is 15.6 Å². The third-order valence-electron chi connectivity index (χ3n) is 4.03. The lowest BCUT2D eigenvalue weighted by Crippen LogP contribution is -2.46. The van der Waals surface area contributed by atoms with Crippen LogP contribution in [0.3, 0.4) is 0 Å². The van der Waals surface area contributed by atoms with Crippen molar-refractivity contribution in [3.05, 3.63) is 66.0 Å². The summed E-state index contributed by atoms with van der Waals surface area (Å²) in [4.78, 5) is 4.80. The lowest BCUT2D eigenvalue weighted by Gasteiger charge is -2.20. The van der Waals surface area contributed by atoms with Crippen molar-refractivity contribution in [2.45, 2.75) is 37.8 Å². The predicted octanol–water partition coefficient (Wildman–Crippen LogP) is 3.13. The molecule has 0 aliphatic heterocycles. The third-order valence-corrected chi connectivity index (χ3v) is 5.87. The summed E-state index contributed by atoms with van der Waals surface area (Å²) in [5.74, 6) is 0.232. The van der Waals surface area contributed by atoms with E-state index >= 15 is 0 Å². The van der Waals surface area contributed by atoms with Crippen LogP contribution in [0.5, 0.6) is 0 Å². The number of nitrogens with zero attached hydrogens (tertiary/aromatic N) is 1. The van der Waals surface area contributed by atoms with Crippen molar-refractivity contribution in [3.63, 3.8) is 0 Å². The van der Waals surface area contributed by atoms with Crippen LogP contribution < -0.4 is 10.6 Å². The Morgan fingerprint density at radius 3 is 2.33 bits per heavy atom. The van der Waals surface area contributed by atoms with Gasteiger partial charge in [-0.2, -0.15) is 0 Å². The van der Waals surface area contributed by atoms with Crippen LogP contribution in [0.1, 0.15) is 25.8 Å². The number of aliphatic imine (C=N–C) groups is 1. The molecule has 27 heavy (non-hydrogen) atoms. The molecule has 0 heterocycles. The predicted molar refractivity (Wildman–Crippen MR) is 107 cm³/mol. The molecule has 0 spiro atoms. The zero-order valence-electron chi connectivity index (χ0n) is 15.7. The fraction of sp³-hybridized carbons (Fsp3) is 0.350. The van der Waals surface area contributed by atoms with E-state index in [1.807, 2.05) is 13.8 Å². The molecule has 2 N–H and O–H groups in total. The monoisotopic (exact) mass is 391 g/mol. The average molecular weight is 392 g/mol. The second kappa shape index (κ2) is 10.1. The van der Waals surface area contributed by atoms with Gasteiger partial charge in [-0.1, -0.05) is 37.3 Å². The molecule has 0 fully saturated rings. The SMILES string of the molecule is CCNC(=NCc1ccc(F)cc1)NC(CC)CS(=O)(=O)c1ccccc1. The van der Waals surface area contributed by atoms with Crippen molar-refractivity contribution in [1.82, 2.24) is 10.6 Å². The van der Waals surface area contributed by atoms with Crippen LogP contribution in [0.4, 0.5) is 4.39 Å². The van der Waals surface area contributed by atoms with Gasteiger partial charge in [-0.15, -0.1) is 0 Å². The number of rotatable bonds is 8. The first-order valence-electron chi connectivity index (χ1n) is 9.01. The highest BCUT2D eigenvalue weighted by molar-refractivity contribution is 7.91. The summed E-state index contributed by atoms with van der Waals surface area (Å²) in [7, 11) is -3.39. The minimum Gasteiger partial charge on any atom is -0.357 e. The van der Waals surface area contributed by atoms with Gasteiger partial charge in [0.15, 0.2) is 15.8 Å². The summed E-state index contributed by atoms with van der Waals surface area (Å²) in [6.07, 6.45) is 0.632. The fourth-order valence-electron chi connectivity index (χ4n) is 2.52. The summed E-state index contributed by atoms with van der Waals surface area (Å²) in [5.41, 5.74) is 0.874. The Bertz CT molecular complexity index is 837. The molecule has 2 aromatic carbocycles. The zero-order valence-corrected chi connectivity index (χ0v) is 16.5. The molecule has 2 rings (SSSR count). The first-order valence-corrected chi connectivity index (χ1v) is 10.7. The maximum Gasteiger partial charge on any atom is 0.191 e. The van der Waals surface area contributed by atoms with E-state index in [1.165, 1.54) is 12.1 Å². The molecule has 146 valence electrons. The smallest absolute Gasteiger partial charge is 0.191 e. The highest BCUT2D eigenvalue weighted by Gasteiger charge is 2.20. The molecule has 7 heteroatoms. The van der Waals surface area contributed by atoms with Gasteiger partial charge in [0.1, 0.15) is 5.82 Å². The average Bonchev–Trinajstić information content (AvgIpc) is 2.67. The molecule has 0 aliphatic rings. The molecular formula is C20H26FN3O2S. The van der Waals surface area contributed by atoms with Crippen molar-refractivity contribution >= 4 is 15.8 Å². The summed E-state index contributed by atoms with van der Waals surface area (Å²) in [6.45, 7) is 4.90. The topological polar surface area (TPSA) is 70.6 Å². The Morgan fingerprint density at radius 2 is 1.74 bits per heavy atom. The normalized spacial score (nSPS) is 13.2. The Kier molecular flexibility index (Phi) is 7.79. The molecule has 0 radical (unpaired) electrons. The van der Waals surface area contributed by atoms with Crippen LogP contribution in [-0.2, 0) is 16.4 Å². The summed E-state index contributed by atoms with van der Waals surface area (Å²) in [5, 5.41) is 6.32. The highest BCUT2D eigenvalue weighted by Crippen LogP contribution is 2.12. The van der Waals surface area contributed by atoms with Gasteiger partial charge in [-0.3, -0.25) is 0 Å². The Morgan fingerprint density at radius 1 is 1.07 bits per heavy atom. The maximum absolute atomic E-state index is 13.0. The van der Waals surface area contributed by atoms with Crippen molar-refractivity contribution in [2.75, 3.05) is 12.3 Å². The second-order valence-corrected chi connectivity index (χ2v) is 8.20. The van der Waals surface area contributed by atoms with E-state index in [0.29, 0.717) is 30.4 Å². The van der Waals surface area contributed by atoms with Gasteiger partial charge in [-0.05, 0) is 43.2 Å². The summed E-state index contributed by atoms with van der Waals surface area (Å²) < 4.78 is 38.2. The largest absolute Gasteiger partial charge is 0.357 e. The minimum atomic E-state index is -3.39. The molecule has 0 aromatic heterocycles. The van der Waals surface area contributed by atoms with Gasteiger partial charge in [0, 0.05) is 12.6 Å². The van der Waals surface area contributed by atoms with Crippen LogP contribution in [0.2, 0.25) is 0 Å². The van der Waals surface area contributed by atoms with E-state index in [9.17, 15) is 12.8 Å². The second-order valence-electron chi connectivity index (χ2n) is 6.17. The van der Waals surface area contributed by atoms with Crippen molar-refractivity contribution in [1.29, 1.82) is 0 Å².